The minimum absolute atomic E-state index is 0.0173. The van der Waals surface area contributed by atoms with Crippen molar-refractivity contribution in [3.05, 3.63) is 40.7 Å². The number of nitro benzene ring substituents is 1. The molecule has 2 aromatic rings. The van der Waals surface area contributed by atoms with Gasteiger partial charge in [0.25, 0.3) is 5.69 Å². The molecule has 1 N–H and O–H groups in total. The van der Waals surface area contributed by atoms with Crippen LogP contribution in [-0.4, -0.2) is 60.5 Å². The summed E-state index contributed by atoms with van der Waals surface area (Å²) in [6, 6.07) is 4.89. The first-order valence-corrected chi connectivity index (χ1v) is 7.78. The van der Waals surface area contributed by atoms with Crippen LogP contribution in [0.4, 0.5) is 11.4 Å². The van der Waals surface area contributed by atoms with Crippen molar-refractivity contribution in [3.8, 4) is 0 Å². The molecule has 0 aliphatic carbocycles. The number of anilines is 1. The Kier molecular flexibility index (Phi) is 4.57. The largest absolute Gasteiger partial charge is 0.365 e. The lowest BCUT2D eigenvalue weighted by atomic mass is 10.1. The lowest BCUT2D eigenvalue weighted by Crippen LogP contribution is -2.49. The number of aromatic nitrogens is 1. The minimum Gasteiger partial charge on any atom is -0.365 e. The topological polar surface area (TPSA) is 91.6 Å². The summed E-state index contributed by atoms with van der Waals surface area (Å²) in [7, 11) is 1.82. The molecule has 1 aliphatic rings. The predicted octanol–water partition coefficient (Wildman–Crippen LogP) is 1.01. The highest BCUT2D eigenvalue weighted by Gasteiger charge is 2.20. The van der Waals surface area contributed by atoms with E-state index < -0.39 is 4.92 Å². The van der Waals surface area contributed by atoms with Crippen molar-refractivity contribution < 1.29 is 9.72 Å². The molecule has 8 heteroatoms. The number of amides is 1. The van der Waals surface area contributed by atoms with Crippen LogP contribution in [0.5, 0.6) is 0 Å². The number of non-ortho nitro benzene ring substituents is 1. The van der Waals surface area contributed by atoms with Crippen molar-refractivity contribution in [2.24, 2.45) is 0 Å². The van der Waals surface area contributed by atoms with Gasteiger partial charge in [-0.25, -0.2) is 0 Å². The van der Waals surface area contributed by atoms with Gasteiger partial charge in [-0.05, 0) is 12.1 Å². The van der Waals surface area contributed by atoms with Crippen LogP contribution in [0.15, 0.2) is 30.6 Å². The van der Waals surface area contributed by atoms with Gasteiger partial charge in [-0.3, -0.25) is 19.9 Å². The van der Waals surface area contributed by atoms with E-state index in [1.165, 1.54) is 12.3 Å². The molecule has 0 spiro atoms. The second kappa shape index (κ2) is 6.79. The molecule has 126 valence electrons. The minimum atomic E-state index is -0.417. The molecule has 1 aromatic heterocycles. The van der Waals surface area contributed by atoms with E-state index in [4.69, 9.17) is 0 Å². The summed E-state index contributed by atoms with van der Waals surface area (Å²) in [5.41, 5.74) is 0.796. The van der Waals surface area contributed by atoms with E-state index in [2.05, 4.69) is 10.3 Å². The summed E-state index contributed by atoms with van der Waals surface area (Å²) in [5, 5.41) is 15.6. The molecule has 24 heavy (non-hydrogen) atoms. The number of hydrogen-bond donors (Lipinski definition) is 1. The SMILES string of the molecule is CN(CC(=O)N1CCNCC1)c1ccc([N+](=O)[O-])c2cnccc12. The molecule has 1 amide bonds. The first-order valence-electron chi connectivity index (χ1n) is 7.78. The number of nitrogens with zero attached hydrogens (tertiary/aromatic N) is 4. The van der Waals surface area contributed by atoms with Crippen molar-refractivity contribution in [2.45, 2.75) is 0 Å². The maximum Gasteiger partial charge on any atom is 0.278 e. The third-order valence-corrected chi connectivity index (χ3v) is 4.22. The molecule has 0 saturated carbocycles. The van der Waals surface area contributed by atoms with E-state index in [9.17, 15) is 14.9 Å². The van der Waals surface area contributed by atoms with E-state index in [0.717, 1.165) is 24.2 Å². The summed E-state index contributed by atoms with van der Waals surface area (Å²) >= 11 is 0. The molecular weight excluding hydrogens is 310 g/mol. The first-order chi connectivity index (χ1) is 11.6. The summed E-state index contributed by atoms with van der Waals surface area (Å²) < 4.78 is 0. The second-order valence-electron chi connectivity index (χ2n) is 5.77. The third kappa shape index (κ3) is 3.13. The highest BCUT2D eigenvalue weighted by molar-refractivity contribution is 6.00. The maximum absolute atomic E-state index is 12.4. The fourth-order valence-corrected chi connectivity index (χ4v) is 2.95. The Morgan fingerprint density at radius 3 is 2.79 bits per heavy atom. The zero-order valence-corrected chi connectivity index (χ0v) is 13.4. The van der Waals surface area contributed by atoms with Crippen LogP contribution < -0.4 is 10.2 Å². The Balaban J connectivity index is 1.87. The zero-order chi connectivity index (χ0) is 17.1. The van der Waals surface area contributed by atoms with Gasteiger partial charge in [0.05, 0.1) is 16.9 Å². The number of piperazine rings is 1. The van der Waals surface area contributed by atoms with Gasteiger partial charge in [-0.2, -0.15) is 0 Å². The van der Waals surface area contributed by atoms with Crippen molar-refractivity contribution in [1.82, 2.24) is 15.2 Å². The molecule has 1 saturated heterocycles. The van der Waals surface area contributed by atoms with Gasteiger partial charge in [0, 0.05) is 62.8 Å². The first kappa shape index (κ1) is 16.1. The normalized spacial score (nSPS) is 14.6. The number of likely N-dealkylation sites (N-methyl/N-ethyl adjacent to an activating group) is 1. The molecule has 0 radical (unpaired) electrons. The van der Waals surface area contributed by atoms with Crippen molar-refractivity contribution in [3.63, 3.8) is 0 Å². The molecule has 2 heterocycles. The number of rotatable bonds is 4. The van der Waals surface area contributed by atoms with Crippen molar-refractivity contribution >= 4 is 28.1 Å². The Hall–Kier alpha value is -2.74. The molecule has 0 atom stereocenters. The summed E-state index contributed by atoms with van der Waals surface area (Å²) in [5.74, 6) is 0.0551. The van der Waals surface area contributed by atoms with Gasteiger partial charge in [-0.15, -0.1) is 0 Å². The van der Waals surface area contributed by atoms with Crippen molar-refractivity contribution in [2.75, 3.05) is 44.7 Å². The van der Waals surface area contributed by atoms with Crippen LogP contribution in [-0.2, 0) is 4.79 Å². The molecule has 0 unspecified atom stereocenters. The molecule has 1 fully saturated rings. The van der Waals surface area contributed by atoms with E-state index in [1.807, 2.05) is 16.8 Å². The number of pyridine rings is 1. The van der Waals surface area contributed by atoms with Crippen LogP contribution in [0.3, 0.4) is 0 Å². The Bertz CT molecular complexity index is 773. The second-order valence-corrected chi connectivity index (χ2v) is 5.77. The number of nitrogens with one attached hydrogen (secondary N) is 1. The summed E-state index contributed by atoms with van der Waals surface area (Å²) in [4.78, 5) is 30.8. The quantitative estimate of drug-likeness (QED) is 0.665. The van der Waals surface area contributed by atoms with Crippen molar-refractivity contribution in [1.29, 1.82) is 0 Å². The van der Waals surface area contributed by atoms with Gasteiger partial charge in [0.1, 0.15) is 0 Å². The predicted molar refractivity (Wildman–Crippen MR) is 91.1 cm³/mol. The Labute approximate surface area is 139 Å². The number of nitro groups is 1. The fourth-order valence-electron chi connectivity index (χ4n) is 2.95. The van der Waals surface area contributed by atoms with Crippen LogP contribution >= 0.6 is 0 Å². The molecule has 1 aromatic carbocycles. The average molecular weight is 329 g/mol. The molecule has 0 bridgehead atoms. The molecule has 3 rings (SSSR count). The third-order valence-electron chi connectivity index (χ3n) is 4.22. The van der Waals surface area contributed by atoms with Gasteiger partial charge in [0.2, 0.25) is 5.91 Å². The molecular formula is C16H19N5O3. The average Bonchev–Trinajstić information content (AvgIpc) is 2.61. The highest BCUT2D eigenvalue weighted by Crippen LogP contribution is 2.32. The highest BCUT2D eigenvalue weighted by atomic mass is 16.6. The van der Waals surface area contributed by atoms with E-state index >= 15 is 0 Å². The monoisotopic (exact) mass is 329 g/mol. The summed E-state index contributed by atoms with van der Waals surface area (Å²) in [6.07, 6.45) is 3.09. The number of carbonyl (C=O) groups excluding carboxylic acids is 1. The van der Waals surface area contributed by atoms with E-state index in [-0.39, 0.29) is 18.1 Å². The van der Waals surface area contributed by atoms with Gasteiger partial charge in [0.15, 0.2) is 0 Å². The fraction of sp³-hybridized carbons (Fsp3) is 0.375. The van der Waals surface area contributed by atoms with E-state index in [1.54, 1.807) is 18.3 Å². The van der Waals surface area contributed by atoms with Crippen LogP contribution in [0, 0.1) is 10.1 Å². The smallest absolute Gasteiger partial charge is 0.278 e. The number of benzene rings is 1. The molecule has 1 aliphatic heterocycles. The van der Waals surface area contributed by atoms with Crippen LogP contribution in [0.2, 0.25) is 0 Å². The van der Waals surface area contributed by atoms with E-state index in [0.29, 0.717) is 18.5 Å². The lowest BCUT2D eigenvalue weighted by molar-refractivity contribution is -0.383. The Morgan fingerprint density at radius 2 is 2.08 bits per heavy atom. The summed E-state index contributed by atoms with van der Waals surface area (Å²) in [6.45, 7) is 3.26. The number of hydrogen-bond acceptors (Lipinski definition) is 6. The van der Waals surface area contributed by atoms with Crippen LogP contribution in [0.25, 0.3) is 10.8 Å². The van der Waals surface area contributed by atoms with Gasteiger partial charge >= 0.3 is 0 Å². The van der Waals surface area contributed by atoms with Crippen LogP contribution in [0.1, 0.15) is 0 Å². The number of fused-ring (bicyclic) bond motifs is 1. The zero-order valence-electron chi connectivity index (χ0n) is 13.4. The lowest BCUT2D eigenvalue weighted by Gasteiger charge is -2.30. The maximum atomic E-state index is 12.4. The Morgan fingerprint density at radius 1 is 1.33 bits per heavy atom. The van der Waals surface area contributed by atoms with Gasteiger partial charge in [-0.1, -0.05) is 0 Å². The number of carbonyl (C=O) groups is 1. The molecule has 8 nitrogen and oxygen atoms in total. The van der Waals surface area contributed by atoms with Gasteiger partial charge < -0.3 is 15.1 Å². The standard InChI is InChI=1S/C16H19N5O3/c1-19(11-16(22)20-8-6-17-7-9-20)14-2-3-15(21(23)24)13-10-18-5-4-12(13)14/h2-5,10,17H,6-9,11H2,1H3.